The third kappa shape index (κ3) is 3.40. The van der Waals surface area contributed by atoms with Crippen LogP contribution in [0.2, 0.25) is 10.0 Å². The Balaban J connectivity index is 1.55. The zero-order valence-corrected chi connectivity index (χ0v) is 19.2. The molecule has 0 aliphatic carbocycles. The average molecular weight is 484 g/mol. The lowest BCUT2D eigenvalue weighted by molar-refractivity contribution is -0.114. The van der Waals surface area contributed by atoms with E-state index in [4.69, 9.17) is 33.0 Å². The number of hydrogen-bond donors (Lipinski definition) is 1. The van der Waals surface area contributed by atoms with Crippen LogP contribution < -0.4 is 0 Å². The van der Waals surface area contributed by atoms with E-state index in [9.17, 15) is 4.79 Å². The molecule has 0 atom stereocenters. The summed E-state index contributed by atoms with van der Waals surface area (Å²) >= 11 is 13.8. The second-order valence-corrected chi connectivity index (χ2v) is 8.96. The number of aromatic nitrogens is 1. The molecular weight excluding hydrogens is 469 g/mol. The van der Waals surface area contributed by atoms with Gasteiger partial charge in [-0.15, -0.1) is 0 Å². The number of aliphatic imine (C=N–C) groups is 1. The van der Waals surface area contributed by atoms with Crippen LogP contribution in [0, 0.1) is 19.3 Å². The molecule has 0 saturated carbocycles. The highest BCUT2D eigenvalue weighted by atomic mass is 35.5. The lowest BCUT2D eigenvalue weighted by Gasteiger charge is -2.20. The van der Waals surface area contributed by atoms with Crippen LogP contribution in [0.4, 0.5) is 0 Å². The third-order valence-electron chi connectivity index (χ3n) is 5.11. The van der Waals surface area contributed by atoms with Crippen molar-refractivity contribution in [2.75, 3.05) is 0 Å². The van der Waals surface area contributed by atoms with Crippen molar-refractivity contribution in [2.24, 2.45) is 10.1 Å². The van der Waals surface area contributed by atoms with Gasteiger partial charge in [-0.25, -0.2) is 0 Å². The normalized spacial score (nSPS) is 17.1. The van der Waals surface area contributed by atoms with E-state index < -0.39 is 5.91 Å². The van der Waals surface area contributed by atoms with E-state index in [2.05, 4.69) is 10.1 Å². The summed E-state index contributed by atoms with van der Waals surface area (Å²) in [5, 5.41) is 16.3. The summed E-state index contributed by atoms with van der Waals surface area (Å²) in [6.45, 7) is 3.86. The maximum absolute atomic E-state index is 12.8. The van der Waals surface area contributed by atoms with E-state index in [1.807, 2.05) is 24.5 Å². The quantitative estimate of drug-likeness (QED) is 0.486. The Bertz CT molecular complexity index is 1390. The van der Waals surface area contributed by atoms with Crippen LogP contribution in [-0.4, -0.2) is 31.5 Å². The highest BCUT2D eigenvalue weighted by Crippen LogP contribution is 2.33. The lowest BCUT2D eigenvalue weighted by atomic mass is 10.1. The molecule has 1 N–H and O–H groups in total. The predicted molar refractivity (Wildman–Crippen MR) is 128 cm³/mol. The van der Waals surface area contributed by atoms with Gasteiger partial charge >= 0.3 is 0 Å². The number of aryl methyl sites for hydroxylation is 1. The van der Waals surface area contributed by atoms with Crippen LogP contribution >= 0.6 is 35.0 Å². The Morgan fingerprint density at radius 1 is 1.19 bits per heavy atom. The number of furan rings is 1. The number of carbonyl (C=O) groups excluding carboxylic acids is 1. The fourth-order valence-corrected chi connectivity index (χ4v) is 4.84. The van der Waals surface area contributed by atoms with Crippen molar-refractivity contribution in [3.05, 3.63) is 81.0 Å². The summed E-state index contributed by atoms with van der Waals surface area (Å²) in [7, 11) is 0. The number of amides is 1. The second kappa shape index (κ2) is 7.81. The summed E-state index contributed by atoms with van der Waals surface area (Å²) in [5.41, 5.74) is 3.42. The number of rotatable bonds is 3. The van der Waals surface area contributed by atoms with Crippen molar-refractivity contribution in [3.63, 3.8) is 0 Å². The van der Waals surface area contributed by atoms with Crippen LogP contribution in [0.3, 0.4) is 0 Å². The van der Waals surface area contributed by atoms with Gasteiger partial charge in [-0.2, -0.15) is 15.1 Å². The molecule has 1 amide bonds. The van der Waals surface area contributed by atoms with Gasteiger partial charge in [-0.3, -0.25) is 10.2 Å². The molecule has 0 saturated heterocycles. The first-order valence-corrected chi connectivity index (χ1v) is 11.1. The Morgan fingerprint density at radius 3 is 2.75 bits per heavy atom. The number of nitrogens with zero attached hydrogens (tertiary/aromatic N) is 4. The molecule has 10 heteroatoms. The monoisotopic (exact) mass is 483 g/mol. The molecule has 2 aromatic heterocycles. The van der Waals surface area contributed by atoms with Crippen molar-refractivity contribution < 1.29 is 9.21 Å². The van der Waals surface area contributed by atoms with E-state index in [1.165, 1.54) is 16.8 Å². The van der Waals surface area contributed by atoms with E-state index in [1.54, 1.807) is 42.7 Å². The lowest BCUT2D eigenvalue weighted by Crippen LogP contribution is -2.35. The molecule has 0 bridgehead atoms. The van der Waals surface area contributed by atoms with Crippen LogP contribution in [0.5, 0.6) is 0 Å². The van der Waals surface area contributed by atoms with Gasteiger partial charge < -0.3 is 8.98 Å². The molecule has 3 aromatic rings. The number of halogens is 2. The summed E-state index contributed by atoms with van der Waals surface area (Å²) in [6.07, 6.45) is 3.20. The van der Waals surface area contributed by atoms with Crippen molar-refractivity contribution in [1.82, 2.24) is 9.58 Å². The number of benzene rings is 1. The molecule has 2 aliphatic rings. The summed E-state index contributed by atoms with van der Waals surface area (Å²) < 4.78 is 7.34. The molecule has 2 aliphatic heterocycles. The van der Waals surface area contributed by atoms with Crippen molar-refractivity contribution in [3.8, 4) is 5.69 Å². The van der Waals surface area contributed by atoms with Crippen LogP contribution in [-0.2, 0) is 4.79 Å². The van der Waals surface area contributed by atoms with E-state index in [0.29, 0.717) is 26.0 Å². The molecule has 4 heterocycles. The van der Waals surface area contributed by atoms with Gasteiger partial charge in [-0.05, 0) is 73.6 Å². The fraction of sp³-hybridized carbons (Fsp3) is 0.0909. The van der Waals surface area contributed by atoms with Gasteiger partial charge in [-0.1, -0.05) is 23.2 Å². The molecule has 0 spiro atoms. The van der Waals surface area contributed by atoms with Gasteiger partial charge in [0.15, 0.2) is 16.6 Å². The third-order valence-corrected chi connectivity index (χ3v) is 6.58. The molecule has 1 aromatic carbocycles. The predicted octanol–water partition coefficient (Wildman–Crippen LogP) is 5.66. The Hall–Kier alpha value is -3.07. The van der Waals surface area contributed by atoms with Crippen molar-refractivity contribution in [1.29, 1.82) is 5.41 Å². The van der Waals surface area contributed by atoms with E-state index >= 15 is 0 Å². The highest BCUT2D eigenvalue weighted by molar-refractivity contribution is 8.27. The minimum atomic E-state index is -0.491. The zero-order valence-electron chi connectivity index (χ0n) is 16.9. The van der Waals surface area contributed by atoms with Crippen LogP contribution in [0.1, 0.15) is 22.7 Å². The van der Waals surface area contributed by atoms with Crippen LogP contribution in [0.15, 0.2) is 62.7 Å². The number of nitrogens with one attached hydrogen (secondary N) is 1. The summed E-state index contributed by atoms with van der Waals surface area (Å²) in [6, 6.07) is 10.7. The number of fused-ring (bicyclic) bond motifs is 1. The molecule has 5 rings (SSSR count). The largest absolute Gasteiger partial charge is 0.462 e. The standard InChI is InChI=1S/C22H15Cl2N5O2S/c1-11-8-13(12(2)28(11)17-10-14(23)5-6-16(17)24)9-15-19(25)29-22(26-20(15)30)32-21(27-29)18-4-3-7-31-18/h3-10,25H,1-2H3/b15-9-,25-19?. The number of hydrogen-bond acceptors (Lipinski definition) is 5. The zero-order chi connectivity index (χ0) is 22.6. The maximum atomic E-state index is 12.8. The molecule has 0 unspecified atom stereocenters. The van der Waals surface area contributed by atoms with Gasteiger partial charge in [0.2, 0.25) is 5.17 Å². The van der Waals surface area contributed by atoms with Gasteiger partial charge in [0.05, 0.1) is 22.5 Å². The Labute approximate surface area is 197 Å². The minimum Gasteiger partial charge on any atom is -0.462 e. The minimum absolute atomic E-state index is 0.0420. The Morgan fingerprint density at radius 2 is 2.00 bits per heavy atom. The summed E-state index contributed by atoms with van der Waals surface area (Å²) in [4.78, 5) is 16.9. The van der Waals surface area contributed by atoms with E-state index in [0.717, 1.165) is 22.6 Å². The number of amidine groups is 2. The first-order chi connectivity index (χ1) is 15.3. The van der Waals surface area contributed by atoms with Crippen molar-refractivity contribution >= 4 is 63.0 Å². The first-order valence-electron chi connectivity index (χ1n) is 9.52. The maximum Gasteiger partial charge on any atom is 0.283 e. The van der Waals surface area contributed by atoms with Crippen molar-refractivity contribution in [2.45, 2.75) is 13.8 Å². The number of thioether (sulfide) groups is 1. The fourth-order valence-electron chi connectivity index (χ4n) is 3.61. The van der Waals surface area contributed by atoms with Gasteiger partial charge in [0, 0.05) is 16.4 Å². The molecule has 0 fully saturated rings. The van der Waals surface area contributed by atoms with Gasteiger partial charge in [0.1, 0.15) is 0 Å². The van der Waals surface area contributed by atoms with Crippen LogP contribution in [0.25, 0.3) is 11.8 Å². The molecule has 160 valence electrons. The number of hydrazone groups is 1. The number of carbonyl (C=O) groups is 1. The average Bonchev–Trinajstić information content (AvgIpc) is 3.47. The summed E-state index contributed by atoms with van der Waals surface area (Å²) in [5.74, 6) is 0.0229. The van der Waals surface area contributed by atoms with E-state index in [-0.39, 0.29) is 11.4 Å². The second-order valence-electron chi connectivity index (χ2n) is 7.16. The molecule has 32 heavy (non-hydrogen) atoms. The first kappa shape index (κ1) is 20.8. The molecular formula is C22H15Cl2N5O2S. The highest BCUT2D eigenvalue weighted by Gasteiger charge is 2.36. The Kier molecular flexibility index (Phi) is 5.08. The smallest absolute Gasteiger partial charge is 0.283 e. The molecule has 7 nitrogen and oxygen atoms in total. The SMILES string of the molecule is Cc1cc(/C=C2/C(=N)N3N=C(c4ccco4)SC3=NC2=O)c(C)n1-c1cc(Cl)ccc1Cl. The topological polar surface area (TPSA) is 87.0 Å². The van der Waals surface area contributed by atoms with Gasteiger partial charge in [0.25, 0.3) is 5.91 Å². The molecule has 0 radical (unpaired) electrons.